The van der Waals surface area contributed by atoms with Crippen molar-refractivity contribution in [2.75, 3.05) is 20.3 Å². The molecular weight excluding hydrogens is 214 g/mol. The van der Waals surface area contributed by atoms with Crippen molar-refractivity contribution in [1.82, 2.24) is 14.9 Å². The molecule has 0 saturated carbocycles. The monoisotopic (exact) mass is 233 g/mol. The van der Waals surface area contributed by atoms with Gasteiger partial charge >= 0.3 is 0 Å². The van der Waals surface area contributed by atoms with Crippen LogP contribution >= 0.6 is 0 Å². The Kier molecular flexibility index (Phi) is 4.12. The summed E-state index contributed by atoms with van der Waals surface area (Å²) in [5, 5.41) is 3.41. The standard InChI is InChI=1S/C13H19N3O/c1-11(9-17-2)14-7-8-16-10-15-12-5-3-4-6-13(12)16/h3-6,10-11,14H,7-9H2,1-2H3. The summed E-state index contributed by atoms with van der Waals surface area (Å²) in [6, 6.07) is 8.57. The molecule has 92 valence electrons. The van der Waals surface area contributed by atoms with Crippen LogP contribution in [0.5, 0.6) is 0 Å². The third-order valence-corrected chi connectivity index (χ3v) is 2.79. The quantitative estimate of drug-likeness (QED) is 0.824. The van der Waals surface area contributed by atoms with Gasteiger partial charge in [-0.15, -0.1) is 0 Å². The average molecular weight is 233 g/mol. The summed E-state index contributed by atoms with van der Waals surface area (Å²) in [7, 11) is 1.72. The minimum Gasteiger partial charge on any atom is -0.383 e. The average Bonchev–Trinajstić information content (AvgIpc) is 2.73. The lowest BCUT2D eigenvalue weighted by molar-refractivity contribution is 0.172. The first-order valence-corrected chi connectivity index (χ1v) is 5.93. The number of benzene rings is 1. The fourth-order valence-corrected chi connectivity index (χ4v) is 1.93. The molecule has 1 N–H and O–H groups in total. The Bertz CT molecular complexity index is 466. The van der Waals surface area contributed by atoms with Crippen molar-refractivity contribution in [1.29, 1.82) is 0 Å². The van der Waals surface area contributed by atoms with Gasteiger partial charge in [0.2, 0.25) is 0 Å². The molecule has 0 fully saturated rings. The van der Waals surface area contributed by atoms with E-state index in [9.17, 15) is 0 Å². The second kappa shape index (κ2) is 5.80. The zero-order valence-corrected chi connectivity index (χ0v) is 10.4. The molecule has 1 aromatic heterocycles. The number of aromatic nitrogens is 2. The third-order valence-electron chi connectivity index (χ3n) is 2.79. The van der Waals surface area contributed by atoms with Gasteiger partial charge in [-0.05, 0) is 19.1 Å². The highest BCUT2D eigenvalue weighted by Gasteiger charge is 2.02. The van der Waals surface area contributed by atoms with Crippen LogP contribution in [-0.4, -0.2) is 35.9 Å². The minimum absolute atomic E-state index is 0.384. The van der Waals surface area contributed by atoms with E-state index in [2.05, 4.69) is 27.9 Å². The van der Waals surface area contributed by atoms with Crippen molar-refractivity contribution < 1.29 is 4.74 Å². The van der Waals surface area contributed by atoms with Crippen molar-refractivity contribution >= 4 is 11.0 Å². The van der Waals surface area contributed by atoms with Gasteiger partial charge in [-0.3, -0.25) is 0 Å². The lowest BCUT2D eigenvalue weighted by Crippen LogP contribution is -2.32. The molecule has 1 unspecified atom stereocenters. The van der Waals surface area contributed by atoms with Crippen molar-refractivity contribution in [2.24, 2.45) is 0 Å². The van der Waals surface area contributed by atoms with Gasteiger partial charge in [0.25, 0.3) is 0 Å². The molecule has 2 rings (SSSR count). The van der Waals surface area contributed by atoms with E-state index in [1.807, 2.05) is 24.5 Å². The summed E-state index contributed by atoms with van der Waals surface area (Å²) < 4.78 is 7.25. The summed E-state index contributed by atoms with van der Waals surface area (Å²) in [6.07, 6.45) is 1.90. The van der Waals surface area contributed by atoms with Crippen molar-refractivity contribution in [3.05, 3.63) is 30.6 Å². The maximum absolute atomic E-state index is 5.08. The number of fused-ring (bicyclic) bond motifs is 1. The van der Waals surface area contributed by atoms with Crippen molar-refractivity contribution in [3.8, 4) is 0 Å². The fourth-order valence-electron chi connectivity index (χ4n) is 1.93. The predicted octanol–water partition coefficient (Wildman–Crippen LogP) is 1.66. The first-order chi connectivity index (χ1) is 8.31. The maximum atomic E-state index is 5.08. The molecule has 1 atom stereocenters. The van der Waals surface area contributed by atoms with E-state index in [1.165, 1.54) is 5.52 Å². The van der Waals surface area contributed by atoms with Gasteiger partial charge in [-0.25, -0.2) is 4.98 Å². The highest BCUT2D eigenvalue weighted by Crippen LogP contribution is 2.10. The Balaban J connectivity index is 1.91. The van der Waals surface area contributed by atoms with Crippen LogP contribution in [0.3, 0.4) is 0 Å². The molecule has 0 aliphatic heterocycles. The Labute approximate surface area is 102 Å². The summed E-state index contributed by atoms with van der Waals surface area (Å²) in [5.41, 5.74) is 2.24. The van der Waals surface area contributed by atoms with E-state index in [-0.39, 0.29) is 0 Å². The molecule has 0 spiro atoms. The second-order valence-electron chi connectivity index (χ2n) is 4.24. The summed E-state index contributed by atoms with van der Waals surface area (Å²) >= 11 is 0. The molecule has 0 aliphatic rings. The molecule has 0 saturated heterocycles. The van der Waals surface area contributed by atoms with Gasteiger partial charge in [-0.2, -0.15) is 0 Å². The van der Waals surface area contributed by atoms with Gasteiger partial charge in [0.15, 0.2) is 0 Å². The first-order valence-electron chi connectivity index (χ1n) is 5.93. The molecule has 1 heterocycles. The van der Waals surface area contributed by atoms with E-state index in [1.54, 1.807) is 7.11 Å². The normalized spacial score (nSPS) is 13.1. The van der Waals surface area contributed by atoms with E-state index >= 15 is 0 Å². The summed E-state index contributed by atoms with van der Waals surface area (Å²) in [4.78, 5) is 4.36. The van der Waals surface area contributed by atoms with Crippen LogP contribution in [0, 0.1) is 0 Å². The predicted molar refractivity (Wildman–Crippen MR) is 69.1 cm³/mol. The topological polar surface area (TPSA) is 39.1 Å². The number of hydrogen-bond acceptors (Lipinski definition) is 3. The Morgan fingerprint density at radius 3 is 3.06 bits per heavy atom. The minimum atomic E-state index is 0.384. The van der Waals surface area contributed by atoms with Gasteiger partial charge in [0.05, 0.1) is 24.0 Å². The van der Waals surface area contributed by atoms with Crippen molar-refractivity contribution in [3.63, 3.8) is 0 Å². The number of imidazole rings is 1. The molecule has 17 heavy (non-hydrogen) atoms. The molecule has 4 heteroatoms. The number of nitrogens with one attached hydrogen (secondary N) is 1. The number of para-hydroxylation sites is 2. The fraction of sp³-hybridized carbons (Fsp3) is 0.462. The van der Waals surface area contributed by atoms with Crippen LogP contribution in [0.25, 0.3) is 11.0 Å². The lowest BCUT2D eigenvalue weighted by Gasteiger charge is -2.12. The van der Waals surface area contributed by atoms with Gasteiger partial charge in [-0.1, -0.05) is 12.1 Å². The Morgan fingerprint density at radius 2 is 2.24 bits per heavy atom. The van der Waals surface area contributed by atoms with Gasteiger partial charge in [0, 0.05) is 26.2 Å². The van der Waals surface area contributed by atoms with Gasteiger partial charge < -0.3 is 14.6 Å². The number of ether oxygens (including phenoxy) is 1. The molecule has 1 aromatic carbocycles. The Hall–Kier alpha value is -1.39. The Morgan fingerprint density at radius 1 is 1.41 bits per heavy atom. The van der Waals surface area contributed by atoms with Crippen LogP contribution in [0.2, 0.25) is 0 Å². The van der Waals surface area contributed by atoms with Crippen LogP contribution in [0.4, 0.5) is 0 Å². The van der Waals surface area contributed by atoms with E-state index in [0.29, 0.717) is 6.04 Å². The zero-order chi connectivity index (χ0) is 12.1. The number of methoxy groups -OCH3 is 1. The van der Waals surface area contributed by atoms with Crippen LogP contribution in [0.1, 0.15) is 6.92 Å². The highest BCUT2D eigenvalue weighted by molar-refractivity contribution is 5.74. The SMILES string of the molecule is COCC(C)NCCn1cnc2ccccc21. The number of rotatable bonds is 6. The maximum Gasteiger partial charge on any atom is 0.0958 e. The molecule has 0 aliphatic carbocycles. The zero-order valence-electron chi connectivity index (χ0n) is 10.4. The van der Waals surface area contributed by atoms with E-state index in [4.69, 9.17) is 4.74 Å². The van der Waals surface area contributed by atoms with Crippen molar-refractivity contribution in [2.45, 2.75) is 19.5 Å². The number of nitrogens with zero attached hydrogens (tertiary/aromatic N) is 2. The molecular formula is C13H19N3O. The highest BCUT2D eigenvalue weighted by atomic mass is 16.5. The molecule has 2 aromatic rings. The smallest absolute Gasteiger partial charge is 0.0958 e. The second-order valence-corrected chi connectivity index (χ2v) is 4.24. The van der Waals surface area contributed by atoms with Crippen LogP contribution in [-0.2, 0) is 11.3 Å². The first kappa shape index (κ1) is 12.1. The molecule has 4 nitrogen and oxygen atoms in total. The summed E-state index contributed by atoms with van der Waals surface area (Å²) in [5.74, 6) is 0. The van der Waals surface area contributed by atoms with Crippen LogP contribution < -0.4 is 5.32 Å². The molecule has 0 amide bonds. The molecule has 0 bridgehead atoms. The molecule has 0 radical (unpaired) electrons. The third kappa shape index (κ3) is 3.05. The van der Waals surface area contributed by atoms with Gasteiger partial charge in [0.1, 0.15) is 0 Å². The summed E-state index contributed by atoms with van der Waals surface area (Å²) in [6.45, 7) is 4.71. The largest absolute Gasteiger partial charge is 0.383 e. The lowest BCUT2D eigenvalue weighted by atomic mass is 10.3. The van der Waals surface area contributed by atoms with E-state index < -0.39 is 0 Å². The van der Waals surface area contributed by atoms with Crippen LogP contribution in [0.15, 0.2) is 30.6 Å². The van der Waals surface area contributed by atoms with E-state index in [0.717, 1.165) is 25.2 Å². The number of hydrogen-bond donors (Lipinski definition) is 1.